The Morgan fingerprint density at radius 3 is 2.70 bits per heavy atom. The van der Waals surface area contributed by atoms with Crippen LogP contribution in [0.2, 0.25) is 0 Å². The highest BCUT2D eigenvalue weighted by atomic mass is 16.3. The van der Waals surface area contributed by atoms with Gasteiger partial charge in [0, 0.05) is 12.5 Å². The van der Waals surface area contributed by atoms with Crippen LogP contribution in [0, 0.1) is 5.92 Å². The molecule has 3 nitrogen and oxygen atoms in total. The lowest BCUT2D eigenvalue weighted by Crippen LogP contribution is -2.35. The van der Waals surface area contributed by atoms with Gasteiger partial charge >= 0.3 is 0 Å². The minimum absolute atomic E-state index is 0.269. The molecule has 1 fully saturated rings. The third kappa shape index (κ3) is 1.68. The van der Waals surface area contributed by atoms with Crippen molar-refractivity contribution < 1.29 is 5.11 Å². The molecule has 3 heteroatoms. The fraction of sp³-hybridized carbons (Fsp3) is 1.00. The van der Waals surface area contributed by atoms with Gasteiger partial charge in [0.1, 0.15) is 6.23 Å². The lowest BCUT2D eigenvalue weighted by Gasteiger charge is -2.23. The zero-order chi connectivity index (χ0) is 7.56. The highest BCUT2D eigenvalue weighted by molar-refractivity contribution is 4.75. The standard InChI is InChI=1S/C7H16N2O/c1-9(2)7(10)6-3-4-8-5-6/h6-8,10H,3-5H2,1-2H3. The third-order valence-corrected chi connectivity index (χ3v) is 2.05. The summed E-state index contributed by atoms with van der Waals surface area (Å²) in [6.45, 7) is 2.01. The molecule has 1 heterocycles. The average molecular weight is 144 g/mol. The van der Waals surface area contributed by atoms with E-state index in [2.05, 4.69) is 5.32 Å². The number of rotatable bonds is 2. The Morgan fingerprint density at radius 2 is 2.30 bits per heavy atom. The predicted molar refractivity (Wildman–Crippen MR) is 40.7 cm³/mol. The van der Waals surface area contributed by atoms with Crippen molar-refractivity contribution in [1.82, 2.24) is 10.2 Å². The predicted octanol–water partition coefficient (Wildman–Crippen LogP) is -0.524. The van der Waals surface area contributed by atoms with Crippen LogP contribution in [0.1, 0.15) is 6.42 Å². The second kappa shape index (κ2) is 3.32. The van der Waals surface area contributed by atoms with Gasteiger partial charge in [-0.2, -0.15) is 0 Å². The monoisotopic (exact) mass is 144 g/mol. The molecule has 2 unspecified atom stereocenters. The number of nitrogens with zero attached hydrogens (tertiary/aromatic N) is 1. The molecule has 1 saturated heterocycles. The van der Waals surface area contributed by atoms with Gasteiger partial charge in [-0.1, -0.05) is 0 Å². The Bertz CT molecular complexity index is 99.8. The molecule has 2 N–H and O–H groups in total. The lowest BCUT2D eigenvalue weighted by molar-refractivity contribution is -0.00313. The van der Waals surface area contributed by atoms with E-state index in [1.165, 1.54) is 0 Å². The van der Waals surface area contributed by atoms with Gasteiger partial charge in [-0.25, -0.2) is 0 Å². The van der Waals surface area contributed by atoms with Crippen LogP contribution in [0.15, 0.2) is 0 Å². The number of hydrogen-bond acceptors (Lipinski definition) is 3. The highest BCUT2D eigenvalue weighted by Gasteiger charge is 2.23. The van der Waals surface area contributed by atoms with Gasteiger partial charge in [-0.15, -0.1) is 0 Å². The summed E-state index contributed by atoms with van der Waals surface area (Å²) in [5.41, 5.74) is 0. The van der Waals surface area contributed by atoms with Gasteiger partial charge in [0.25, 0.3) is 0 Å². The molecule has 0 aromatic heterocycles. The maximum Gasteiger partial charge on any atom is 0.111 e. The quantitative estimate of drug-likeness (QED) is 0.512. The van der Waals surface area contributed by atoms with Crippen LogP contribution in [0.3, 0.4) is 0 Å². The highest BCUT2D eigenvalue weighted by Crippen LogP contribution is 2.13. The molecule has 60 valence electrons. The van der Waals surface area contributed by atoms with Crippen LogP contribution < -0.4 is 5.32 Å². The maximum atomic E-state index is 9.51. The molecule has 0 radical (unpaired) electrons. The van der Waals surface area contributed by atoms with Gasteiger partial charge in [0.15, 0.2) is 0 Å². The first kappa shape index (κ1) is 7.98. The van der Waals surface area contributed by atoms with Crippen molar-refractivity contribution >= 4 is 0 Å². The summed E-state index contributed by atoms with van der Waals surface area (Å²) in [5.74, 6) is 0.426. The van der Waals surface area contributed by atoms with Gasteiger partial charge in [0.2, 0.25) is 0 Å². The van der Waals surface area contributed by atoms with Crippen molar-refractivity contribution in [3.63, 3.8) is 0 Å². The van der Waals surface area contributed by atoms with E-state index in [9.17, 15) is 5.11 Å². The SMILES string of the molecule is CN(C)C(O)C1CCNC1. The largest absolute Gasteiger partial charge is 0.378 e. The zero-order valence-corrected chi connectivity index (χ0v) is 6.67. The van der Waals surface area contributed by atoms with Crippen molar-refractivity contribution in [1.29, 1.82) is 0 Å². The van der Waals surface area contributed by atoms with Gasteiger partial charge in [-0.3, -0.25) is 4.90 Å². The van der Waals surface area contributed by atoms with Crippen LogP contribution in [0.4, 0.5) is 0 Å². The van der Waals surface area contributed by atoms with E-state index >= 15 is 0 Å². The molecule has 0 amide bonds. The molecular formula is C7H16N2O. The molecular weight excluding hydrogens is 128 g/mol. The number of aliphatic hydroxyl groups excluding tert-OH is 1. The molecule has 1 aliphatic heterocycles. The first-order chi connectivity index (χ1) is 4.72. The minimum atomic E-state index is -0.269. The molecule has 0 saturated carbocycles. The molecule has 2 atom stereocenters. The van der Waals surface area contributed by atoms with Crippen LogP contribution in [0.25, 0.3) is 0 Å². The van der Waals surface area contributed by atoms with E-state index < -0.39 is 0 Å². The van der Waals surface area contributed by atoms with E-state index in [1.54, 1.807) is 0 Å². The summed E-state index contributed by atoms with van der Waals surface area (Å²) in [7, 11) is 3.81. The second-order valence-electron chi connectivity index (χ2n) is 3.13. The molecule has 0 bridgehead atoms. The fourth-order valence-corrected chi connectivity index (χ4v) is 1.35. The Kier molecular flexibility index (Phi) is 2.65. The van der Waals surface area contributed by atoms with E-state index in [1.807, 2.05) is 19.0 Å². The molecule has 0 spiro atoms. The molecule has 0 aromatic carbocycles. The summed E-state index contributed by atoms with van der Waals surface area (Å²) < 4.78 is 0. The van der Waals surface area contributed by atoms with Crippen molar-refractivity contribution in [3.8, 4) is 0 Å². The Balaban J connectivity index is 2.32. The summed E-state index contributed by atoms with van der Waals surface area (Å²) in [6.07, 6.45) is 0.828. The van der Waals surface area contributed by atoms with E-state index in [0.717, 1.165) is 19.5 Å². The molecule has 10 heavy (non-hydrogen) atoms. The summed E-state index contributed by atoms with van der Waals surface area (Å²) in [5, 5.41) is 12.7. The van der Waals surface area contributed by atoms with Crippen molar-refractivity contribution in [2.24, 2.45) is 5.92 Å². The van der Waals surface area contributed by atoms with Crippen molar-refractivity contribution in [2.75, 3.05) is 27.2 Å². The Morgan fingerprint density at radius 1 is 1.60 bits per heavy atom. The van der Waals surface area contributed by atoms with E-state index in [4.69, 9.17) is 0 Å². The Labute approximate surface area is 62.0 Å². The first-order valence-corrected chi connectivity index (χ1v) is 3.77. The smallest absolute Gasteiger partial charge is 0.111 e. The van der Waals surface area contributed by atoms with Crippen LogP contribution in [-0.4, -0.2) is 43.4 Å². The number of aliphatic hydroxyl groups is 1. The number of nitrogens with one attached hydrogen (secondary N) is 1. The van der Waals surface area contributed by atoms with Crippen LogP contribution in [0.5, 0.6) is 0 Å². The van der Waals surface area contributed by atoms with Crippen molar-refractivity contribution in [3.05, 3.63) is 0 Å². The minimum Gasteiger partial charge on any atom is -0.378 e. The molecule has 0 aromatic rings. The van der Waals surface area contributed by atoms with E-state index in [0.29, 0.717) is 5.92 Å². The topological polar surface area (TPSA) is 35.5 Å². The normalized spacial score (nSPS) is 29.4. The van der Waals surface area contributed by atoms with Crippen LogP contribution in [-0.2, 0) is 0 Å². The average Bonchev–Trinajstić information content (AvgIpc) is 2.36. The summed E-state index contributed by atoms with van der Waals surface area (Å²) in [4.78, 5) is 1.86. The fourth-order valence-electron chi connectivity index (χ4n) is 1.35. The maximum absolute atomic E-state index is 9.51. The van der Waals surface area contributed by atoms with Crippen LogP contribution >= 0.6 is 0 Å². The summed E-state index contributed by atoms with van der Waals surface area (Å²) in [6, 6.07) is 0. The first-order valence-electron chi connectivity index (χ1n) is 3.77. The molecule has 0 aliphatic carbocycles. The molecule has 1 aliphatic rings. The second-order valence-corrected chi connectivity index (χ2v) is 3.13. The lowest BCUT2D eigenvalue weighted by atomic mass is 10.1. The Hall–Kier alpha value is -0.120. The van der Waals surface area contributed by atoms with Crippen molar-refractivity contribution in [2.45, 2.75) is 12.6 Å². The van der Waals surface area contributed by atoms with Gasteiger partial charge < -0.3 is 10.4 Å². The molecule has 1 rings (SSSR count). The zero-order valence-electron chi connectivity index (χ0n) is 6.67. The van der Waals surface area contributed by atoms with Gasteiger partial charge in [0.05, 0.1) is 0 Å². The number of hydrogen-bond donors (Lipinski definition) is 2. The van der Waals surface area contributed by atoms with Gasteiger partial charge in [-0.05, 0) is 27.1 Å². The third-order valence-electron chi connectivity index (χ3n) is 2.05. The van der Waals surface area contributed by atoms with E-state index in [-0.39, 0.29) is 6.23 Å². The summed E-state index contributed by atoms with van der Waals surface area (Å²) >= 11 is 0.